The van der Waals surface area contributed by atoms with Crippen molar-refractivity contribution in [3.63, 3.8) is 0 Å². The molecular formula is C16H19Cl2NO2. The summed E-state index contributed by atoms with van der Waals surface area (Å²) in [5.74, 6) is 2.36. The highest BCUT2D eigenvalue weighted by molar-refractivity contribution is 6.34. The molecule has 3 nitrogen and oxygen atoms in total. The van der Waals surface area contributed by atoms with Crippen molar-refractivity contribution < 1.29 is 9.15 Å². The van der Waals surface area contributed by atoms with Gasteiger partial charge in [-0.25, -0.2) is 0 Å². The van der Waals surface area contributed by atoms with Gasteiger partial charge in [0, 0.05) is 16.7 Å². The van der Waals surface area contributed by atoms with Crippen molar-refractivity contribution >= 4 is 23.2 Å². The van der Waals surface area contributed by atoms with E-state index in [-0.39, 0.29) is 0 Å². The van der Waals surface area contributed by atoms with Crippen molar-refractivity contribution in [1.82, 2.24) is 5.32 Å². The summed E-state index contributed by atoms with van der Waals surface area (Å²) < 4.78 is 11.4. The summed E-state index contributed by atoms with van der Waals surface area (Å²) in [4.78, 5) is 0. The van der Waals surface area contributed by atoms with Crippen LogP contribution in [0.5, 0.6) is 5.75 Å². The quantitative estimate of drug-likeness (QED) is 0.729. The molecular weight excluding hydrogens is 309 g/mol. The molecule has 0 aliphatic heterocycles. The summed E-state index contributed by atoms with van der Waals surface area (Å²) in [6.07, 6.45) is 1.10. The van der Waals surface area contributed by atoms with Gasteiger partial charge >= 0.3 is 0 Å². The van der Waals surface area contributed by atoms with Gasteiger partial charge in [0.25, 0.3) is 0 Å². The molecule has 0 aliphatic rings. The monoisotopic (exact) mass is 327 g/mol. The van der Waals surface area contributed by atoms with Gasteiger partial charge in [0.1, 0.15) is 23.9 Å². The zero-order valence-electron chi connectivity index (χ0n) is 12.2. The van der Waals surface area contributed by atoms with Crippen molar-refractivity contribution in [3.8, 4) is 5.75 Å². The van der Waals surface area contributed by atoms with Crippen LogP contribution in [0, 0.1) is 6.92 Å². The van der Waals surface area contributed by atoms with Crippen LogP contribution >= 0.6 is 23.2 Å². The van der Waals surface area contributed by atoms with Gasteiger partial charge in [-0.1, -0.05) is 30.1 Å². The molecule has 21 heavy (non-hydrogen) atoms. The van der Waals surface area contributed by atoms with E-state index >= 15 is 0 Å². The van der Waals surface area contributed by atoms with E-state index < -0.39 is 0 Å². The third-order valence-corrected chi connectivity index (χ3v) is 3.62. The van der Waals surface area contributed by atoms with E-state index in [2.05, 4.69) is 12.2 Å². The Morgan fingerprint density at radius 3 is 2.81 bits per heavy atom. The van der Waals surface area contributed by atoms with Gasteiger partial charge < -0.3 is 14.5 Å². The maximum absolute atomic E-state index is 6.07. The lowest BCUT2D eigenvalue weighted by Crippen LogP contribution is -2.13. The van der Waals surface area contributed by atoms with E-state index in [1.807, 2.05) is 13.0 Å². The van der Waals surface area contributed by atoms with Crippen LogP contribution in [-0.2, 0) is 13.2 Å². The van der Waals surface area contributed by atoms with Crippen molar-refractivity contribution in [2.45, 2.75) is 33.4 Å². The van der Waals surface area contributed by atoms with E-state index in [4.69, 9.17) is 32.4 Å². The van der Waals surface area contributed by atoms with E-state index in [1.54, 1.807) is 18.2 Å². The molecule has 0 unspecified atom stereocenters. The van der Waals surface area contributed by atoms with Crippen LogP contribution in [0.1, 0.15) is 30.4 Å². The molecule has 0 aliphatic carbocycles. The van der Waals surface area contributed by atoms with Crippen LogP contribution < -0.4 is 10.1 Å². The topological polar surface area (TPSA) is 34.4 Å². The first kappa shape index (κ1) is 16.2. The van der Waals surface area contributed by atoms with Crippen LogP contribution in [-0.4, -0.2) is 6.54 Å². The third kappa shape index (κ3) is 4.67. The van der Waals surface area contributed by atoms with Crippen LogP contribution in [0.4, 0.5) is 0 Å². The summed E-state index contributed by atoms with van der Waals surface area (Å²) in [6, 6.07) is 7.18. The normalized spacial score (nSPS) is 10.9. The lowest BCUT2D eigenvalue weighted by molar-refractivity contribution is 0.303. The molecule has 114 valence electrons. The number of aryl methyl sites for hydroxylation is 1. The zero-order valence-corrected chi connectivity index (χ0v) is 13.7. The molecule has 0 bridgehead atoms. The molecule has 0 atom stereocenters. The molecule has 0 fully saturated rings. The highest BCUT2D eigenvalue weighted by Gasteiger charge is 2.09. The largest absolute Gasteiger partial charge is 0.487 e. The first-order chi connectivity index (χ1) is 10.1. The fraction of sp³-hybridized carbons (Fsp3) is 0.375. The molecule has 0 radical (unpaired) electrons. The number of halogens is 2. The number of nitrogens with one attached hydrogen (secondary N) is 1. The van der Waals surface area contributed by atoms with E-state index in [0.717, 1.165) is 36.6 Å². The third-order valence-electron chi connectivity index (χ3n) is 3.07. The minimum atomic E-state index is 0.406. The molecule has 0 amide bonds. The molecule has 2 aromatic rings. The van der Waals surface area contributed by atoms with Gasteiger partial charge in [0.2, 0.25) is 0 Å². The zero-order chi connectivity index (χ0) is 15.2. The Kier molecular flexibility index (Phi) is 5.97. The second kappa shape index (κ2) is 7.74. The average molecular weight is 328 g/mol. The average Bonchev–Trinajstić information content (AvgIpc) is 2.80. The van der Waals surface area contributed by atoms with E-state index in [9.17, 15) is 0 Å². The summed E-state index contributed by atoms with van der Waals surface area (Å²) in [7, 11) is 0. The number of benzene rings is 1. The predicted octanol–water partition coefficient (Wildman–Crippen LogP) is 4.97. The van der Waals surface area contributed by atoms with Crippen molar-refractivity contribution in [2.24, 2.45) is 0 Å². The maximum atomic E-state index is 6.07. The van der Waals surface area contributed by atoms with Crippen LogP contribution in [0.2, 0.25) is 10.0 Å². The van der Waals surface area contributed by atoms with Crippen LogP contribution in [0.25, 0.3) is 0 Å². The van der Waals surface area contributed by atoms with Gasteiger partial charge in [0.15, 0.2) is 0 Å². The molecule has 1 aromatic heterocycles. The number of hydrogen-bond acceptors (Lipinski definition) is 3. The number of furan rings is 1. The molecule has 1 aromatic carbocycles. The smallest absolute Gasteiger partial charge is 0.139 e. The number of ether oxygens (including phenoxy) is 1. The maximum Gasteiger partial charge on any atom is 0.139 e. The standard InChI is InChI=1S/C16H19Cl2NO2/c1-3-6-19-9-14-7-12(11(2)21-14)10-20-16-8-13(17)4-5-15(16)18/h4-5,7-8,19H,3,6,9-10H2,1-2H3. The fourth-order valence-electron chi connectivity index (χ4n) is 1.95. The minimum absolute atomic E-state index is 0.406. The Labute approximate surface area is 135 Å². The van der Waals surface area contributed by atoms with E-state index in [1.165, 1.54) is 0 Å². The fourth-order valence-corrected chi connectivity index (χ4v) is 2.28. The SMILES string of the molecule is CCCNCc1cc(COc2cc(Cl)ccc2Cl)c(C)o1. The first-order valence-electron chi connectivity index (χ1n) is 6.97. The minimum Gasteiger partial charge on any atom is -0.487 e. The van der Waals surface area contributed by atoms with Gasteiger partial charge in [-0.05, 0) is 38.1 Å². The highest BCUT2D eigenvalue weighted by atomic mass is 35.5. The Balaban J connectivity index is 1.98. The molecule has 2 rings (SSSR count). The van der Waals surface area contributed by atoms with Gasteiger partial charge in [0.05, 0.1) is 11.6 Å². The summed E-state index contributed by atoms with van der Waals surface area (Å²) >= 11 is 12.0. The summed E-state index contributed by atoms with van der Waals surface area (Å²) in [5.41, 5.74) is 1.01. The second-order valence-electron chi connectivity index (χ2n) is 4.83. The van der Waals surface area contributed by atoms with Crippen LogP contribution in [0.15, 0.2) is 28.7 Å². The Bertz CT molecular complexity index is 596. The van der Waals surface area contributed by atoms with Crippen molar-refractivity contribution in [2.75, 3.05) is 6.54 Å². The van der Waals surface area contributed by atoms with Gasteiger partial charge in [-0.3, -0.25) is 0 Å². The van der Waals surface area contributed by atoms with E-state index in [0.29, 0.717) is 22.4 Å². The molecule has 1 N–H and O–H groups in total. The second-order valence-corrected chi connectivity index (χ2v) is 5.68. The number of rotatable bonds is 7. The Morgan fingerprint density at radius 1 is 1.24 bits per heavy atom. The molecule has 0 spiro atoms. The van der Waals surface area contributed by atoms with Crippen LogP contribution in [0.3, 0.4) is 0 Å². The molecule has 5 heteroatoms. The lowest BCUT2D eigenvalue weighted by atomic mass is 10.2. The summed E-state index contributed by atoms with van der Waals surface area (Å²) in [6.45, 7) is 6.18. The van der Waals surface area contributed by atoms with Gasteiger partial charge in [-0.15, -0.1) is 0 Å². The summed E-state index contributed by atoms with van der Waals surface area (Å²) in [5, 5.41) is 4.46. The Hall–Kier alpha value is -1.16. The van der Waals surface area contributed by atoms with Gasteiger partial charge in [-0.2, -0.15) is 0 Å². The molecule has 0 saturated carbocycles. The van der Waals surface area contributed by atoms with Crippen molar-refractivity contribution in [1.29, 1.82) is 0 Å². The predicted molar refractivity (Wildman–Crippen MR) is 86.2 cm³/mol. The van der Waals surface area contributed by atoms with Crippen molar-refractivity contribution in [3.05, 3.63) is 51.4 Å². The highest BCUT2D eigenvalue weighted by Crippen LogP contribution is 2.29. The Morgan fingerprint density at radius 2 is 2.05 bits per heavy atom. The molecule has 1 heterocycles. The first-order valence-corrected chi connectivity index (χ1v) is 7.72. The lowest BCUT2D eigenvalue weighted by Gasteiger charge is -2.07. The number of hydrogen-bond donors (Lipinski definition) is 1. The molecule has 0 saturated heterocycles.